The van der Waals surface area contributed by atoms with Gasteiger partial charge in [-0.1, -0.05) is 12.1 Å². The molecule has 26 heavy (non-hydrogen) atoms. The predicted octanol–water partition coefficient (Wildman–Crippen LogP) is 0.680. The standard InChI is InChI=1S/C18H22N4O4/c19-8-2-5-15(23)20-9-11-3-1-4-12-13(11)10-22(18(12)26)14-6-7-16(24)21-17(14)25/h1,3-4,10,14,26H,2,5-9,19H2,(H,20,23)(H,21,24,25). The highest BCUT2D eigenvalue weighted by Gasteiger charge is 2.30. The number of hydrogen-bond acceptors (Lipinski definition) is 5. The Hall–Kier alpha value is -2.87. The molecule has 0 spiro atoms. The van der Waals surface area contributed by atoms with Crippen LogP contribution in [0.25, 0.3) is 10.8 Å². The second-order valence-corrected chi connectivity index (χ2v) is 6.37. The molecular weight excluding hydrogens is 336 g/mol. The van der Waals surface area contributed by atoms with E-state index in [-0.39, 0.29) is 24.1 Å². The summed E-state index contributed by atoms with van der Waals surface area (Å²) in [5.41, 5.74) is 6.24. The molecule has 1 aromatic carbocycles. The molecule has 0 radical (unpaired) electrons. The molecule has 138 valence electrons. The van der Waals surface area contributed by atoms with Gasteiger partial charge in [0, 0.05) is 36.4 Å². The Morgan fingerprint density at radius 1 is 1.35 bits per heavy atom. The van der Waals surface area contributed by atoms with Crippen molar-refractivity contribution in [1.82, 2.24) is 15.2 Å². The van der Waals surface area contributed by atoms with E-state index in [2.05, 4.69) is 10.6 Å². The van der Waals surface area contributed by atoms with E-state index >= 15 is 0 Å². The minimum atomic E-state index is -0.632. The number of nitrogens with one attached hydrogen (secondary N) is 2. The Bertz CT molecular complexity index is 858. The number of aromatic nitrogens is 1. The SMILES string of the molecule is NCCCC(=O)NCc1cccc2c(O)n(C3CCC(=O)NC3=O)cc12. The molecule has 2 aromatic rings. The van der Waals surface area contributed by atoms with E-state index in [0.717, 1.165) is 10.9 Å². The number of nitrogens with two attached hydrogens (primary N) is 1. The zero-order valence-corrected chi connectivity index (χ0v) is 14.3. The van der Waals surface area contributed by atoms with Gasteiger partial charge in [-0.15, -0.1) is 0 Å². The molecule has 1 aliphatic rings. The number of aromatic hydroxyl groups is 1. The molecule has 8 heteroatoms. The summed E-state index contributed by atoms with van der Waals surface area (Å²) in [6.45, 7) is 0.783. The van der Waals surface area contributed by atoms with Gasteiger partial charge in [0.15, 0.2) is 5.88 Å². The van der Waals surface area contributed by atoms with Crippen molar-refractivity contribution in [2.75, 3.05) is 6.54 Å². The topological polar surface area (TPSA) is 126 Å². The van der Waals surface area contributed by atoms with Crippen LogP contribution in [0.2, 0.25) is 0 Å². The van der Waals surface area contributed by atoms with Gasteiger partial charge in [-0.3, -0.25) is 19.7 Å². The molecule has 5 N–H and O–H groups in total. The molecule has 3 rings (SSSR count). The van der Waals surface area contributed by atoms with Crippen LogP contribution in [0.4, 0.5) is 0 Å². The molecular formula is C18H22N4O4. The molecule has 1 saturated heterocycles. The summed E-state index contributed by atoms with van der Waals surface area (Å²) in [5, 5.41) is 17.0. The monoisotopic (exact) mass is 358 g/mol. The molecule has 1 aromatic heterocycles. The molecule has 1 aliphatic heterocycles. The molecule has 2 heterocycles. The van der Waals surface area contributed by atoms with Crippen molar-refractivity contribution >= 4 is 28.5 Å². The molecule has 0 saturated carbocycles. The van der Waals surface area contributed by atoms with E-state index in [1.807, 2.05) is 6.07 Å². The molecule has 1 unspecified atom stereocenters. The number of carbonyl (C=O) groups excluding carboxylic acids is 3. The first kappa shape index (κ1) is 17.9. The Kier molecular flexibility index (Phi) is 5.22. The summed E-state index contributed by atoms with van der Waals surface area (Å²) in [6, 6.07) is 4.78. The van der Waals surface area contributed by atoms with Gasteiger partial charge in [-0.25, -0.2) is 0 Å². The second-order valence-electron chi connectivity index (χ2n) is 6.37. The lowest BCUT2D eigenvalue weighted by Gasteiger charge is -2.22. The van der Waals surface area contributed by atoms with E-state index in [4.69, 9.17) is 5.73 Å². The quantitative estimate of drug-likeness (QED) is 0.565. The number of nitrogens with zero attached hydrogens (tertiary/aromatic N) is 1. The van der Waals surface area contributed by atoms with E-state index in [9.17, 15) is 19.5 Å². The molecule has 8 nitrogen and oxygen atoms in total. The number of amides is 3. The van der Waals surface area contributed by atoms with Crippen LogP contribution in [0.1, 0.15) is 37.3 Å². The van der Waals surface area contributed by atoms with Gasteiger partial charge in [0.05, 0.1) is 0 Å². The van der Waals surface area contributed by atoms with Gasteiger partial charge >= 0.3 is 0 Å². The largest absolute Gasteiger partial charge is 0.494 e. The Morgan fingerprint density at radius 2 is 2.15 bits per heavy atom. The van der Waals surface area contributed by atoms with Gasteiger partial charge in [0.2, 0.25) is 17.7 Å². The first-order valence-electron chi connectivity index (χ1n) is 8.63. The summed E-state index contributed by atoms with van der Waals surface area (Å²) in [5.74, 6) is -0.830. The fourth-order valence-corrected chi connectivity index (χ4v) is 3.18. The number of hydrogen-bond donors (Lipinski definition) is 4. The number of rotatable bonds is 6. The van der Waals surface area contributed by atoms with E-state index < -0.39 is 11.9 Å². The highest BCUT2D eigenvalue weighted by Crippen LogP contribution is 2.34. The summed E-state index contributed by atoms with van der Waals surface area (Å²) < 4.78 is 1.49. The summed E-state index contributed by atoms with van der Waals surface area (Å²) in [4.78, 5) is 35.2. The van der Waals surface area contributed by atoms with Crippen molar-refractivity contribution in [2.45, 2.75) is 38.3 Å². The van der Waals surface area contributed by atoms with Crippen LogP contribution in [0.15, 0.2) is 24.4 Å². The highest BCUT2D eigenvalue weighted by atomic mass is 16.3. The minimum absolute atomic E-state index is 0.0224. The van der Waals surface area contributed by atoms with Crippen molar-refractivity contribution in [3.8, 4) is 5.88 Å². The van der Waals surface area contributed by atoms with Crippen LogP contribution in [0.3, 0.4) is 0 Å². The maximum absolute atomic E-state index is 12.1. The third-order valence-corrected chi connectivity index (χ3v) is 4.58. The van der Waals surface area contributed by atoms with Crippen LogP contribution >= 0.6 is 0 Å². The van der Waals surface area contributed by atoms with E-state index in [1.165, 1.54) is 4.57 Å². The molecule has 0 aliphatic carbocycles. The van der Waals surface area contributed by atoms with Crippen LogP contribution in [-0.4, -0.2) is 33.9 Å². The van der Waals surface area contributed by atoms with Crippen LogP contribution in [-0.2, 0) is 20.9 Å². The van der Waals surface area contributed by atoms with Crippen LogP contribution in [0.5, 0.6) is 5.88 Å². The average Bonchev–Trinajstić information content (AvgIpc) is 2.95. The fraction of sp³-hybridized carbons (Fsp3) is 0.389. The maximum atomic E-state index is 12.1. The highest BCUT2D eigenvalue weighted by molar-refractivity contribution is 6.00. The third kappa shape index (κ3) is 3.55. The van der Waals surface area contributed by atoms with Gasteiger partial charge < -0.3 is 20.7 Å². The van der Waals surface area contributed by atoms with Crippen molar-refractivity contribution in [3.05, 3.63) is 30.0 Å². The maximum Gasteiger partial charge on any atom is 0.249 e. The summed E-state index contributed by atoms with van der Waals surface area (Å²) >= 11 is 0. The van der Waals surface area contributed by atoms with Crippen LogP contribution in [0, 0.1) is 0 Å². The average molecular weight is 358 g/mol. The van der Waals surface area contributed by atoms with Gasteiger partial charge in [-0.2, -0.15) is 0 Å². The predicted molar refractivity (Wildman–Crippen MR) is 95.2 cm³/mol. The molecule has 1 atom stereocenters. The number of fused-ring (bicyclic) bond motifs is 1. The van der Waals surface area contributed by atoms with Gasteiger partial charge in [0.25, 0.3) is 0 Å². The number of benzene rings is 1. The molecule has 1 fully saturated rings. The fourth-order valence-electron chi connectivity index (χ4n) is 3.18. The van der Waals surface area contributed by atoms with Crippen molar-refractivity contribution in [1.29, 1.82) is 0 Å². The lowest BCUT2D eigenvalue weighted by molar-refractivity contribution is -0.135. The first-order chi connectivity index (χ1) is 12.5. The Labute approximate surface area is 150 Å². The van der Waals surface area contributed by atoms with Gasteiger partial charge in [0.1, 0.15) is 6.04 Å². The molecule has 3 amide bonds. The van der Waals surface area contributed by atoms with E-state index in [1.54, 1.807) is 18.3 Å². The Balaban J connectivity index is 1.85. The number of imide groups is 1. The summed E-state index contributed by atoms with van der Waals surface area (Å²) in [7, 11) is 0. The van der Waals surface area contributed by atoms with Crippen molar-refractivity contribution in [3.63, 3.8) is 0 Å². The first-order valence-corrected chi connectivity index (χ1v) is 8.63. The van der Waals surface area contributed by atoms with Crippen LogP contribution < -0.4 is 16.4 Å². The molecule has 0 bridgehead atoms. The summed E-state index contributed by atoms with van der Waals surface area (Å²) in [6.07, 6.45) is 3.27. The lowest BCUT2D eigenvalue weighted by atomic mass is 10.1. The number of piperidine rings is 1. The normalized spacial score (nSPS) is 17.3. The van der Waals surface area contributed by atoms with E-state index in [0.29, 0.717) is 37.7 Å². The van der Waals surface area contributed by atoms with Gasteiger partial charge in [-0.05, 0) is 31.0 Å². The minimum Gasteiger partial charge on any atom is -0.494 e. The number of carbonyl (C=O) groups is 3. The zero-order chi connectivity index (χ0) is 18.7. The third-order valence-electron chi connectivity index (χ3n) is 4.58. The van der Waals surface area contributed by atoms with Crippen molar-refractivity contribution in [2.24, 2.45) is 5.73 Å². The smallest absolute Gasteiger partial charge is 0.249 e. The Morgan fingerprint density at radius 3 is 2.88 bits per heavy atom. The lowest BCUT2D eigenvalue weighted by Crippen LogP contribution is -2.41. The van der Waals surface area contributed by atoms with Crippen molar-refractivity contribution < 1.29 is 19.5 Å². The second kappa shape index (κ2) is 7.57. The zero-order valence-electron chi connectivity index (χ0n) is 14.3.